The molecule has 1 aromatic rings. The Kier molecular flexibility index (Phi) is 4.41. The number of rotatable bonds is 2. The van der Waals surface area contributed by atoms with Crippen molar-refractivity contribution in [3.05, 3.63) is 35.4 Å². The number of aryl methyl sites for hydroxylation is 1. The van der Waals surface area contributed by atoms with Crippen LogP contribution in [0.5, 0.6) is 0 Å². The molecule has 3 aliphatic heterocycles. The van der Waals surface area contributed by atoms with Crippen molar-refractivity contribution in [1.29, 1.82) is 0 Å². The van der Waals surface area contributed by atoms with Crippen molar-refractivity contribution < 1.29 is 9.47 Å². The van der Waals surface area contributed by atoms with E-state index in [1.54, 1.807) is 0 Å². The fourth-order valence-corrected chi connectivity index (χ4v) is 4.79. The average molecular weight is 316 g/mol. The molecule has 3 saturated heterocycles. The van der Waals surface area contributed by atoms with Gasteiger partial charge in [0.2, 0.25) is 0 Å². The normalized spacial score (nSPS) is 33.7. The Morgan fingerprint density at radius 1 is 1.00 bits per heavy atom. The SMILES string of the molecule is Cc1ccccc1[C@H]1[C@@H]2CN(C3COCCOC3)C[C@@H]2CN1C. The van der Waals surface area contributed by atoms with Crippen LogP contribution in [-0.2, 0) is 9.47 Å². The van der Waals surface area contributed by atoms with Crippen molar-refractivity contribution in [3.8, 4) is 0 Å². The van der Waals surface area contributed by atoms with Crippen molar-refractivity contribution in [2.45, 2.75) is 19.0 Å². The number of fused-ring (bicyclic) bond motifs is 1. The number of nitrogens with zero attached hydrogens (tertiary/aromatic N) is 2. The summed E-state index contributed by atoms with van der Waals surface area (Å²) in [5, 5.41) is 0. The van der Waals surface area contributed by atoms with E-state index in [1.807, 2.05) is 0 Å². The highest BCUT2D eigenvalue weighted by molar-refractivity contribution is 5.31. The molecule has 126 valence electrons. The molecule has 4 heteroatoms. The number of likely N-dealkylation sites (tertiary alicyclic amines) is 2. The van der Waals surface area contributed by atoms with E-state index < -0.39 is 0 Å². The third-order valence-corrected chi connectivity index (χ3v) is 5.94. The highest BCUT2D eigenvalue weighted by Gasteiger charge is 2.47. The van der Waals surface area contributed by atoms with Gasteiger partial charge in [-0.05, 0) is 36.9 Å². The second kappa shape index (κ2) is 6.52. The summed E-state index contributed by atoms with van der Waals surface area (Å²) in [6.45, 7) is 8.94. The summed E-state index contributed by atoms with van der Waals surface area (Å²) in [4.78, 5) is 5.19. The first kappa shape index (κ1) is 15.6. The van der Waals surface area contributed by atoms with Crippen LogP contribution in [0.4, 0.5) is 0 Å². The standard InChI is InChI=1S/C19H28N2O2/c1-14-5-3-4-6-17(14)19-18-11-21(10-15(18)9-20(19)2)16-12-22-7-8-23-13-16/h3-6,15-16,18-19H,7-13H2,1-2H3/t15-,18+,19-/m0/s1. The maximum Gasteiger partial charge on any atom is 0.0701 e. The molecule has 4 nitrogen and oxygen atoms in total. The van der Waals surface area contributed by atoms with Gasteiger partial charge in [-0.3, -0.25) is 9.80 Å². The topological polar surface area (TPSA) is 24.9 Å². The maximum absolute atomic E-state index is 5.72. The molecule has 4 rings (SSSR count). The third kappa shape index (κ3) is 2.93. The third-order valence-electron chi connectivity index (χ3n) is 5.94. The van der Waals surface area contributed by atoms with E-state index in [0.717, 1.165) is 38.3 Å². The van der Waals surface area contributed by atoms with Crippen LogP contribution in [0.15, 0.2) is 24.3 Å². The Hall–Kier alpha value is -0.940. The first-order valence-electron chi connectivity index (χ1n) is 8.89. The zero-order valence-electron chi connectivity index (χ0n) is 14.3. The maximum atomic E-state index is 5.72. The summed E-state index contributed by atoms with van der Waals surface area (Å²) in [7, 11) is 2.29. The van der Waals surface area contributed by atoms with E-state index in [2.05, 4.69) is 48.0 Å². The molecule has 0 spiro atoms. The lowest BCUT2D eigenvalue weighted by Gasteiger charge is -2.30. The Balaban J connectivity index is 1.52. The van der Waals surface area contributed by atoms with Gasteiger partial charge >= 0.3 is 0 Å². The Morgan fingerprint density at radius 2 is 1.74 bits per heavy atom. The molecule has 0 aliphatic carbocycles. The summed E-state index contributed by atoms with van der Waals surface area (Å²) >= 11 is 0. The Bertz CT molecular complexity index is 542. The molecule has 3 aliphatic rings. The summed E-state index contributed by atoms with van der Waals surface area (Å²) in [5.41, 5.74) is 2.93. The van der Waals surface area contributed by atoms with E-state index in [-0.39, 0.29) is 0 Å². The van der Waals surface area contributed by atoms with Crippen LogP contribution in [0, 0.1) is 18.8 Å². The van der Waals surface area contributed by atoms with E-state index >= 15 is 0 Å². The van der Waals surface area contributed by atoms with Gasteiger partial charge in [-0.2, -0.15) is 0 Å². The number of hydrogen-bond acceptors (Lipinski definition) is 4. The van der Waals surface area contributed by atoms with Crippen LogP contribution in [0.1, 0.15) is 17.2 Å². The van der Waals surface area contributed by atoms with Crippen molar-refractivity contribution in [3.63, 3.8) is 0 Å². The highest BCUT2D eigenvalue weighted by atomic mass is 16.5. The molecule has 3 fully saturated rings. The van der Waals surface area contributed by atoms with Crippen LogP contribution in [0.25, 0.3) is 0 Å². The molecule has 0 aromatic heterocycles. The second-order valence-electron chi connectivity index (χ2n) is 7.42. The van der Waals surface area contributed by atoms with Crippen LogP contribution >= 0.6 is 0 Å². The predicted octanol–water partition coefficient (Wildman–Crippen LogP) is 1.94. The minimum absolute atomic E-state index is 0.436. The fourth-order valence-electron chi connectivity index (χ4n) is 4.79. The molecule has 3 atom stereocenters. The lowest BCUT2D eigenvalue weighted by Crippen LogP contribution is -2.41. The lowest BCUT2D eigenvalue weighted by atomic mass is 9.88. The summed E-state index contributed by atoms with van der Waals surface area (Å²) in [5.74, 6) is 1.50. The van der Waals surface area contributed by atoms with Crippen LogP contribution in [0.3, 0.4) is 0 Å². The summed E-state index contributed by atoms with van der Waals surface area (Å²) in [6.07, 6.45) is 0. The molecule has 3 heterocycles. The zero-order valence-corrected chi connectivity index (χ0v) is 14.3. The van der Waals surface area contributed by atoms with E-state index in [9.17, 15) is 0 Å². The average Bonchev–Trinajstić information content (AvgIpc) is 2.93. The van der Waals surface area contributed by atoms with Gasteiger partial charge in [0.25, 0.3) is 0 Å². The molecular weight excluding hydrogens is 288 g/mol. The van der Waals surface area contributed by atoms with Crippen LogP contribution in [0.2, 0.25) is 0 Å². The first-order chi connectivity index (χ1) is 11.2. The van der Waals surface area contributed by atoms with Gasteiger partial charge in [0.05, 0.1) is 32.5 Å². The van der Waals surface area contributed by atoms with Gasteiger partial charge in [-0.25, -0.2) is 0 Å². The number of hydrogen-bond donors (Lipinski definition) is 0. The lowest BCUT2D eigenvalue weighted by molar-refractivity contribution is 0.0757. The summed E-state index contributed by atoms with van der Waals surface area (Å²) in [6, 6.07) is 9.88. The van der Waals surface area contributed by atoms with Crippen LogP contribution in [-0.4, -0.2) is 69.0 Å². The molecule has 0 N–H and O–H groups in total. The van der Waals surface area contributed by atoms with Crippen molar-refractivity contribution in [2.75, 3.05) is 53.1 Å². The van der Waals surface area contributed by atoms with Gasteiger partial charge < -0.3 is 9.47 Å². The van der Waals surface area contributed by atoms with Crippen molar-refractivity contribution >= 4 is 0 Å². The molecular formula is C19H28N2O2. The Labute approximate surface area is 139 Å². The highest BCUT2D eigenvalue weighted by Crippen LogP contribution is 2.45. The van der Waals surface area contributed by atoms with E-state index in [1.165, 1.54) is 30.8 Å². The minimum Gasteiger partial charge on any atom is -0.377 e. The Morgan fingerprint density at radius 3 is 2.48 bits per heavy atom. The molecule has 0 bridgehead atoms. The molecule has 0 radical (unpaired) electrons. The number of ether oxygens (including phenoxy) is 2. The van der Waals surface area contributed by atoms with Gasteiger partial charge in [0.1, 0.15) is 0 Å². The fraction of sp³-hybridized carbons (Fsp3) is 0.684. The quantitative estimate of drug-likeness (QED) is 0.832. The molecule has 0 amide bonds. The van der Waals surface area contributed by atoms with Gasteiger partial charge in [0.15, 0.2) is 0 Å². The minimum atomic E-state index is 0.436. The van der Waals surface area contributed by atoms with Gasteiger partial charge in [-0.15, -0.1) is 0 Å². The predicted molar refractivity (Wildman–Crippen MR) is 90.5 cm³/mol. The molecule has 0 saturated carbocycles. The van der Waals surface area contributed by atoms with Crippen molar-refractivity contribution in [1.82, 2.24) is 9.80 Å². The first-order valence-corrected chi connectivity index (χ1v) is 8.89. The number of benzene rings is 1. The zero-order chi connectivity index (χ0) is 15.8. The molecule has 0 unspecified atom stereocenters. The van der Waals surface area contributed by atoms with E-state index in [4.69, 9.17) is 9.47 Å². The molecule has 23 heavy (non-hydrogen) atoms. The molecule has 1 aromatic carbocycles. The summed E-state index contributed by atoms with van der Waals surface area (Å²) < 4.78 is 11.4. The van der Waals surface area contributed by atoms with E-state index in [0.29, 0.717) is 12.1 Å². The van der Waals surface area contributed by atoms with Gasteiger partial charge in [0, 0.05) is 25.7 Å². The smallest absolute Gasteiger partial charge is 0.0701 e. The second-order valence-corrected chi connectivity index (χ2v) is 7.42. The van der Waals surface area contributed by atoms with Crippen LogP contribution < -0.4 is 0 Å². The largest absolute Gasteiger partial charge is 0.377 e. The van der Waals surface area contributed by atoms with Gasteiger partial charge in [-0.1, -0.05) is 24.3 Å². The van der Waals surface area contributed by atoms with Crippen molar-refractivity contribution in [2.24, 2.45) is 11.8 Å². The monoisotopic (exact) mass is 316 g/mol.